The number of aromatic nitrogens is 2. The summed E-state index contributed by atoms with van der Waals surface area (Å²) in [6.07, 6.45) is 0.678. The molecular formula is C15H19BrN4O4S. The van der Waals surface area contributed by atoms with Crippen LogP contribution in [-0.4, -0.2) is 43.0 Å². The Kier molecular flexibility index (Phi) is 6.68. The molecule has 0 saturated carbocycles. The molecule has 1 aromatic heterocycles. The lowest BCUT2D eigenvalue weighted by Gasteiger charge is -2.15. The Balaban J connectivity index is 1.84. The Morgan fingerprint density at radius 3 is 2.80 bits per heavy atom. The van der Waals surface area contributed by atoms with E-state index in [9.17, 15) is 13.2 Å². The van der Waals surface area contributed by atoms with Crippen LogP contribution in [-0.2, 0) is 27.8 Å². The lowest BCUT2D eigenvalue weighted by molar-refractivity contribution is -0.130. The van der Waals surface area contributed by atoms with Gasteiger partial charge in [-0.2, -0.15) is 4.98 Å². The predicted octanol–water partition coefficient (Wildman–Crippen LogP) is 1.72. The molecule has 25 heavy (non-hydrogen) atoms. The Bertz CT molecular complexity index is 838. The fourth-order valence-electron chi connectivity index (χ4n) is 1.99. The van der Waals surface area contributed by atoms with Crippen LogP contribution < -0.4 is 4.72 Å². The first-order valence-electron chi connectivity index (χ1n) is 7.62. The van der Waals surface area contributed by atoms with Gasteiger partial charge in [-0.25, -0.2) is 13.1 Å². The molecule has 0 atom stereocenters. The Labute approximate surface area is 154 Å². The Morgan fingerprint density at radius 1 is 1.40 bits per heavy atom. The first-order valence-corrected chi connectivity index (χ1v) is 9.90. The number of carbonyl (C=O) groups excluding carboxylic acids is 1. The van der Waals surface area contributed by atoms with E-state index in [0.29, 0.717) is 22.6 Å². The first kappa shape index (κ1) is 19.5. The van der Waals surface area contributed by atoms with E-state index in [2.05, 4.69) is 30.8 Å². The maximum Gasteiger partial charge on any atom is 0.246 e. The van der Waals surface area contributed by atoms with Crippen molar-refractivity contribution in [2.24, 2.45) is 0 Å². The molecule has 0 aliphatic carbocycles. The molecule has 1 N–H and O–H groups in total. The van der Waals surface area contributed by atoms with Gasteiger partial charge < -0.3 is 9.42 Å². The molecule has 2 rings (SSSR count). The highest BCUT2D eigenvalue weighted by molar-refractivity contribution is 9.10. The van der Waals surface area contributed by atoms with Gasteiger partial charge in [0.15, 0.2) is 5.82 Å². The average Bonchev–Trinajstić information content (AvgIpc) is 3.02. The van der Waals surface area contributed by atoms with Crippen molar-refractivity contribution in [2.75, 3.05) is 13.6 Å². The maximum absolute atomic E-state index is 12.2. The lowest BCUT2D eigenvalue weighted by Crippen LogP contribution is -2.32. The fourth-order valence-corrected chi connectivity index (χ4v) is 3.62. The summed E-state index contributed by atoms with van der Waals surface area (Å²) in [5, 5.41) is 3.76. The lowest BCUT2D eigenvalue weighted by atomic mass is 10.3. The van der Waals surface area contributed by atoms with Crippen LogP contribution in [0.25, 0.3) is 0 Å². The number of halogens is 1. The largest absolute Gasteiger partial charge is 0.337 e. The number of benzene rings is 1. The highest BCUT2D eigenvalue weighted by Gasteiger charge is 2.17. The summed E-state index contributed by atoms with van der Waals surface area (Å²) in [4.78, 5) is 17.8. The van der Waals surface area contributed by atoms with E-state index >= 15 is 0 Å². The summed E-state index contributed by atoms with van der Waals surface area (Å²) in [6.45, 7) is 2.09. The van der Waals surface area contributed by atoms with Crippen molar-refractivity contribution >= 4 is 31.9 Å². The quantitative estimate of drug-likeness (QED) is 0.683. The van der Waals surface area contributed by atoms with Crippen LogP contribution in [0.1, 0.15) is 25.1 Å². The molecule has 10 heteroatoms. The van der Waals surface area contributed by atoms with Crippen molar-refractivity contribution in [3.05, 3.63) is 40.5 Å². The van der Waals surface area contributed by atoms with Crippen LogP contribution in [0, 0.1) is 0 Å². The minimum atomic E-state index is -3.65. The summed E-state index contributed by atoms with van der Waals surface area (Å²) in [7, 11) is -2.06. The van der Waals surface area contributed by atoms with Gasteiger partial charge in [0.05, 0.1) is 11.4 Å². The zero-order chi connectivity index (χ0) is 18.4. The van der Waals surface area contributed by atoms with Crippen LogP contribution in [0.2, 0.25) is 0 Å². The molecule has 1 heterocycles. The first-order chi connectivity index (χ1) is 11.8. The minimum absolute atomic E-state index is 0.00205. The molecular weight excluding hydrogens is 412 g/mol. The maximum atomic E-state index is 12.2. The monoisotopic (exact) mass is 430 g/mol. The Morgan fingerprint density at radius 2 is 2.16 bits per heavy atom. The average molecular weight is 431 g/mol. The van der Waals surface area contributed by atoms with Crippen LogP contribution in [0.5, 0.6) is 0 Å². The third kappa shape index (κ3) is 5.62. The fraction of sp³-hybridized carbons (Fsp3) is 0.400. The number of hydrogen-bond donors (Lipinski definition) is 1. The molecule has 2 aromatic rings. The molecule has 8 nitrogen and oxygen atoms in total. The van der Waals surface area contributed by atoms with Gasteiger partial charge in [-0.15, -0.1) is 0 Å². The van der Waals surface area contributed by atoms with Crippen molar-refractivity contribution in [3.8, 4) is 0 Å². The number of rotatable bonds is 8. The summed E-state index contributed by atoms with van der Waals surface area (Å²) < 4.78 is 32.5. The topological polar surface area (TPSA) is 105 Å². The Hall–Kier alpha value is -1.78. The van der Waals surface area contributed by atoms with E-state index in [-0.39, 0.29) is 30.3 Å². The van der Waals surface area contributed by atoms with Gasteiger partial charge in [-0.05, 0) is 18.2 Å². The molecule has 0 aliphatic heterocycles. The van der Waals surface area contributed by atoms with E-state index in [1.54, 1.807) is 19.2 Å². The summed E-state index contributed by atoms with van der Waals surface area (Å²) >= 11 is 3.23. The van der Waals surface area contributed by atoms with Gasteiger partial charge in [-0.3, -0.25) is 4.79 Å². The number of amides is 1. The highest BCUT2D eigenvalue weighted by Crippen LogP contribution is 2.15. The molecule has 1 aromatic carbocycles. The number of aryl methyl sites for hydroxylation is 1. The minimum Gasteiger partial charge on any atom is -0.337 e. The standard InChI is InChI=1S/C15H19BrN4O4S/c1-3-13-18-14(24-19-13)10-20(2)15(21)7-8-17-25(22,23)12-6-4-5-11(16)9-12/h4-6,9,17H,3,7-8,10H2,1-2H3. The molecule has 0 unspecified atom stereocenters. The van der Waals surface area contributed by atoms with Crippen molar-refractivity contribution in [3.63, 3.8) is 0 Å². The van der Waals surface area contributed by atoms with E-state index in [0.717, 1.165) is 0 Å². The molecule has 1 amide bonds. The molecule has 0 aliphatic rings. The van der Waals surface area contributed by atoms with E-state index in [1.165, 1.54) is 17.0 Å². The highest BCUT2D eigenvalue weighted by atomic mass is 79.9. The van der Waals surface area contributed by atoms with Crippen LogP contribution in [0.4, 0.5) is 0 Å². The third-order valence-corrected chi connectivity index (χ3v) is 5.31. The van der Waals surface area contributed by atoms with Crippen LogP contribution in [0.15, 0.2) is 38.2 Å². The van der Waals surface area contributed by atoms with E-state index in [4.69, 9.17) is 4.52 Å². The number of nitrogens with one attached hydrogen (secondary N) is 1. The van der Waals surface area contributed by atoms with Crippen molar-refractivity contribution in [1.82, 2.24) is 19.8 Å². The number of hydrogen-bond acceptors (Lipinski definition) is 6. The molecule has 136 valence electrons. The molecule has 0 spiro atoms. The van der Waals surface area contributed by atoms with Crippen molar-refractivity contribution in [1.29, 1.82) is 0 Å². The molecule has 0 saturated heterocycles. The van der Waals surface area contributed by atoms with Gasteiger partial charge in [0.2, 0.25) is 21.8 Å². The third-order valence-electron chi connectivity index (χ3n) is 3.36. The second-order valence-electron chi connectivity index (χ2n) is 5.31. The summed E-state index contributed by atoms with van der Waals surface area (Å²) in [5.41, 5.74) is 0. The summed E-state index contributed by atoms with van der Waals surface area (Å²) in [6, 6.07) is 6.35. The smallest absolute Gasteiger partial charge is 0.246 e. The van der Waals surface area contributed by atoms with Crippen molar-refractivity contribution in [2.45, 2.75) is 31.2 Å². The SMILES string of the molecule is CCc1noc(CN(C)C(=O)CCNS(=O)(=O)c2cccc(Br)c2)n1. The second kappa shape index (κ2) is 8.54. The zero-order valence-corrected chi connectivity index (χ0v) is 16.3. The van der Waals surface area contributed by atoms with Crippen LogP contribution >= 0.6 is 15.9 Å². The number of sulfonamides is 1. The normalized spacial score (nSPS) is 11.5. The predicted molar refractivity (Wildman–Crippen MR) is 94.1 cm³/mol. The van der Waals surface area contributed by atoms with Gasteiger partial charge in [0, 0.05) is 30.9 Å². The molecule has 0 fully saturated rings. The number of nitrogens with zero attached hydrogens (tertiary/aromatic N) is 3. The van der Waals surface area contributed by atoms with E-state index in [1.807, 2.05) is 6.92 Å². The van der Waals surface area contributed by atoms with E-state index < -0.39 is 10.0 Å². The zero-order valence-electron chi connectivity index (χ0n) is 13.9. The van der Waals surface area contributed by atoms with Crippen molar-refractivity contribution < 1.29 is 17.7 Å². The second-order valence-corrected chi connectivity index (χ2v) is 8.00. The van der Waals surface area contributed by atoms with Gasteiger partial charge >= 0.3 is 0 Å². The summed E-state index contributed by atoms with van der Waals surface area (Å²) in [5.74, 6) is 0.702. The van der Waals surface area contributed by atoms with Gasteiger partial charge in [0.1, 0.15) is 0 Å². The number of carbonyl (C=O) groups is 1. The molecule has 0 bridgehead atoms. The van der Waals surface area contributed by atoms with Crippen LogP contribution in [0.3, 0.4) is 0 Å². The van der Waals surface area contributed by atoms with Gasteiger partial charge in [0.25, 0.3) is 0 Å². The molecule has 0 radical (unpaired) electrons. The van der Waals surface area contributed by atoms with Gasteiger partial charge in [-0.1, -0.05) is 34.1 Å².